The van der Waals surface area contributed by atoms with Gasteiger partial charge >= 0.3 is 0 Å². The van der Waals surface area contributed by atoms with Crippen LogP contribution in [0.5, 0.6) is 0 Å². The number of sulfonamides is 1. The number of carbonyl (C=O) groups is 1. The van der Waals surface area contributed by atoms with Crippen LogP contribution in [0, 0.1) is 6.92 Å². The molecule has 1 aromatic carbocycles. The van der Waals surface area contributed by atoms with E-state index in [1.807, 2.05) is 45.3 Å². The number of carbonyl (C=O) groups excluding carboxylic acids is 1. The van der Waals surface area contributed by atoms with Gasteiger partial charge in [-0.05, 0) is 12.5 Å². The lowest BCUT2D eigenvalue weighted by Gasteiger charge is -2.30. The van der Waals surface area contributed by atoms with Crippen LogP contribution in [0.15, 0.2) is 24.3 Å². The van der Waals surface area contributed by atoms with Gasteiger partial charge < -0.3 is 38.2 Å². The van der Waals surface area contributed by atoms with Crippen LogP contribution in [0.25, 0.3) is 0 Å². The first kappa shape index (κ1) is 29.0. The topological polar surface area (TPSA) is 153 Å². The Morgan fingerprint density at radius 2 is 1.70 bits per heavy atom. The molecule has 0 unspecified atom stereocenters. The Kier molecular flexibility index (Phi) is 11.0. The molecule has 2 rings (SSSR count). The first-order chi connectivity index (χ1) is 14.9. The van der Waals surface area contributed by atoms with Crippen LogP contribution in [0.4, 0.5) is 11.6 Å². The lowest BCUT2D eigenvalue weighted by Crippen LogP contribution is -3.00. The van der Waals surface area contributed by atoms with Gasteiger partial charge in [-0.1, -0.05) is 41.4 Å². The van der Waals surface area contributed by atoms with Crippen LogP contribution in [0.2, 0.25) is 5.15 Å². The number of hydrogen-bond donors (Lipinski definition) is 4. The molecule has 6 N–H and O–H groups in total. The number of likely N-dealkylation sites (N-methyl/N-ethyl adjacent to an activating group) is 1. The lowest BCUT2D eigenvalue weighted by atomic mass is 10.2. The van der Waals surface area contributed by atoms with E-state index in [9.17, 15) is 13.2 Å². The predicted molar refractivity (Wildman–Crippen MR) is 126 cm³/mol. The standard InChI is InChI=1S/C20H30ClN7O3S.BrH/c1-14-5-7-15(8-6-14)13-32(30,31)25-9-4-11-28(2,3)12-10-24-20(29)16-18(22)27-19(23)17(21)26-16;/h5-8,25H,4,9-13H2,1-3H3,(H4-,22,23,24,27,29);1H. The molecule has 13 heteroatoms. The molecule has 2 aromatic rings. The van der Waals surface area contributed by atoms with Gasteiger partial charge in [-0.2, -0.15) is 0 Å². The van der Waals surface area contributed by atoms with E-state index in [1.165, 1.54) is 0 Å². The Morgan fingerprint density at radius 3 is 2.33 bits per heavy atom. The van der Waals surface area contributed by atoms with E-state index in [-0.39, 0.29) is 45.2 Å². The average molecular weight is 565 g/mol. The van der Waals surface area contributed by atoms with Crippen LogP contribution >= 0.6 is 11.6 Å². The number of nitrogens with two attached hydrogens (primary N) is 2. The van der Waals surface area contributed by atoms with Crippen LogP contribution in [-0.2, 0) is 15.8 Å². The molecular formula is C20H31BrClN7O3S. The highest BCUT2D eigenvalue weighted by atomic mass is 79.9. The lowest BCUT2D eigenvalue weighted by molar-refractivity contribution is -0.889. The summed E-state index contributed by atoms with van der Waals surface area (Å²) in [6.45, 7) is 4.02. The van der Waals surface area contributed by atoms with Crippen LogP contribution in [-0.4, -0.2) is 69.1 Å². The fourth-order valence-electron chi connectivity index (χ4n) is 2.97. The van der Waals surface area contributed by atoms with Crippen molar-refractivity contribution in [3.8, 4) is 0 Å². The summed E-state index contributed by atoms with van der Waals surface area (Å²) < 4.78 is 27.8. The second kappa shape index (κ2) is 12.5. The van der Waals surface area contributed by atoms with Gasteiger partial charge in [0.25, 0.3) is 5.91 Å². The monoisotopic (exact) mass is 563 g/mol. The van der Waals surface area contributed by atoms with Crippen molar-refractivity contribution < 1.29 is 34.7 Å². The van der Waals surface area contributed by atoms with E-state index < -0.39 is 15.9 Å². The van der Waals surface area contributed by atoms with Crippen molar-refractivity contribution in [2.45, 2.75) is 19.1 Å². The summed E-state index contributed by atoms with van der Waals surface area (Å²) in [5, 5.41) is 2.66. The molecule has 0 fully saturated rings. The Bertz CT molecular complexity index is 1050. The molecule has 10 nitrogen and oxygen atoms in total. The van der Waals surface area contributed by atoms with E-state index in [4.69, 9.17) is 23.1 Å². The largest absolute Gasteiger partial charge is 1.00 e. The van der Waals surface area contributed by atoms with Crippen molar-refractivity contribution >= 4 is 39.2 Å². The van der Waals surface area contributed by atoms with Gasteiger partial charge in [0.1, 0.15) is 0 Å². The zero-order valence-corrected chi connectivity index (χ0v) is 22.1. The third-order valence-electron chi connectivity index (χ3n) is 4.86. The molecular weight excluding hydrogens is 534 g/mol. The fraction of sp³-hybridized carbons (Fsp3) is 0.450. The first-order valence-electron chi connectivity index (χ1n) is 10.1. The van der Waals surface area contributed by atoms with E-state index in [0.717, 1.165) is 17.7 Å². The van der Waals surface area contributed by atoms with Gasteiger partial charge in [0, 0.05) is 13.0 Å². The molecule has 33 heavy (non-hydrogen) atoms. The summed E-state index contributed by atoms with van der Waals surface area (Å²) in [6.07, 6.45) is 0.653. The normalized spacial score (nSPS) is 11.6. The average Bonchev–Trinajstić information content (AvgIpc) is 2.69. The zero-order valence-electron chi connectivity index (χ0n) is 18.9. The molecule has 0 saturated heterocycles. The highest BCUT2D eigenvalue weighted by Crippen LogP contribution is 2.17. The fourth-order valence-corrected chi connectivity index (χ4v) is 4.28. The van der Waals surface area contributed by atoms with Crippen molar-refractivity contribution in [3.05, 3.63) is 46.2 Å². The molecule has 0 atom stereocenters. The molecule has 0 bridgehead atoms. The number of aryl methyl sites for hydroxylation is 1. The van der Waals surface area contributed by atoms with Crippen molar-refractivity contribution in [3.63, 3.8) is 0 Å². The third kappa shape index (κ3) is 9.80. The number of nitrogen functional groups attached to an aromatic ring is 2. The Labute approximate surface area is 210 Å². The Morgan fingerprint density at radius 1 is 1.06 bits per heavy atom. The number of hydrogen-bond acceptors (Lipinski definition) is 7. The van der Waals surface area contributed by atoms with E-state index in [2.05, 4.69) is 20.0 Å². The van der Waals surface area contributed by atoms with Crippen LogP contribution in [0.3, 0.4) is 0 Å². The summed E-state index contributed by atoms with van der Waals surface area (Å²) in [5.41, 5.74) is 13.0. The number of nitrogens with zero attached hydrogens (tertiary/aromatic N) is 3. The van der Waals surface area contributed by atoms with Crippen molar-refractivity contribution in [1.82, 2.24) is 20.0 Å². The predicted octanol–water partition coefficient (Wildman–Crippen LogP) is -2.08. The summed E-state index contributed by atoms with van der Waals surface area (Å²) in [4.78, 5) is 19.9. The minimum atomic E-state index is -3.39. The highest BCUT2D eigenvalue weighted by Gasteiger charge is 2.19. The van der Waals surface area contributed by atoms with E-state index in [1.54, 1.807) is 0 Å². The summed E-state index contributed by atoms with van der Waals surface area (Å²) in [6, 6.07) is 7.43. The number of anilines is 2. The van der Waals surface area contributed by atoms with Gasteiger partial charge in [0.15, 0.2) is 22.5 Å². The van der Waals surface area contributed by atoms with Crippen molar-refractivity contribution in [1.29, 1.82) is 0 Å². The van der Waals surface area contributed by atoms with Gasteiger partial charge in [0.05, 0.1) is 39.5 Å². The summed E-state index contributed by atoms with van der Waals surface area (Å²) in [7, 11) is 0.609. The smallest absolute Gasteiger partial charge is 0.273 e. The molecule has 0 aliphatic heterocycles. The van der Waals surface area contributed by atoms with Crippen molar-refractivity contribution in [2.24, 2.45) is 0 Å². The zero-order chi connectivity index (χ0) is 23.9. The SMILES string of the molecule is Cc1ccc(CS(=O)(=O)NCCC[N+](C)(C)CCNC(=O)c2nc(Cl)c(N)nc2N)cc1.[Br-]. The van der Waals surface area contributed by atoms with E-state index in [0.29, 0.717) is 30.5 Å². The molecule has 0 radical (unpaired) electrons. The summed E-state index contributed by atoms with van der Waals surface area (Å²) in [5.74, 6) is -0.650. The van der Waals surface area contributed by atoms with Gasteiger partial charge in [0.2, 0.25) is 10.0 Å². The number of halogens is 2. The molecule has 1 aromatic heterocycles. The van der Waals surface area contributed by atoms with Crippen LogP contribution in [0.1, 0.15) is 28.0 Å². The molecule has 0 saturated carbocycles. The van der Waals surface area contributed by atoms with Crippen LogP contribution < -0.4 is 38.5 Å². The highest BCUT2D eigenvalue weighted by molar-refractivity contribution is 7.88. The number of aromatic nitrogens is 2. The Hall–Kier alpha value is -1.99. The maximum absolute atomic E-state index is 12.3. The number of rotatable bonds is 11. The third-order valence-corrected chi connectivity index (χ3v) is 6.50. The molecule has 184 valence electrons. The molecule has 0 aliphatic rings. The molecule has 0 aliphatic carbocycles. The number of benzene rings is 1. The van der Waals surface area contributed by atoms with Crippen molar-refractivity contribution in [2.75, 3.05) is 51.7 Å². The van der Waals surface area contributed by atoms with E-state index >= 15 is 0 Å². The summed E-state index contributed by atoms with van der Waals surface area (Å²) >= 11 is 5.80. The molecule has 1 amide bonds. The minimum absolute atomic E-state index is 0. The first-order valence-corrected chi connectivity index (χ1v) is 12.1. The maximum atomic E-state index is 12.3. The Balaban J connectivity index is 0.00000544. The second-order valence-electron chi connectivity index (χ2n) is 8.26. The van der Waals surface area contributed by atoms with Gasteiger partial charge in [-0.15, -0.1) is 0 Å². The quantitative estimate of drug-likeness (QED) is 0.181. The maximum Gasteiger partial charge on any atom is 0.273 e. The second-order valence-corrected chi connectivity index (χ2v) is 10.4. The molecule has 0 spiro atoms. The van der Waals surface area contributed by atoms with Gasteiger partial charge in [-0.25, -0.2) is 23.1 Å². The molecule has 1 heterocycles. The number of amides is 1. The van der Waals surface area contributed by atoms with Gasteiger partial charge in [-0.3, -0.25) is 4.79 Å². The number of nitrogens with one attached hydrogen (secondary N) is 2. The minimum Gasteiger partial charge on any atom is -1.00 e. The number of quaternary nitrogens is 1.